The van der Waals surface area contributed by atoms with E-state index in [2.05, 4.69) is 0 Å². The quantitative estimate of drug-likeness (QED) is 0.678. The Bertz CT molecular complexity index is 1040. The number of nitrogens with two attached hydrogens (primary N) is 1. The summed E-state index contributed by atoms with van der Waals surface area (Å²) >= 11 is 0. The summed E-state index contributed by atoms with van der Waals surface area (Å²) in [6, 6.07) is 14.2. The second-order valence-corrected chi connectivity index (χ2v) is 6.46. The summed E-state index contributed by atoms with van der Waals surface area (Å²) in [7, 11) is 3.26. The van der Waals surface area contributed by atoms with E-state index in [-0.39, 0.29) is 6.61 Å². The molecule has 3 aromatic rings. The van der Waals surface area contributed by atoms with Crippen LogP contribution in [0, 0.1) is 6.92 Å². The average Bonchev–Trinajstić information content (AvgIpc) is 2.64. The van der Waals surface area contributed by atoms with Gasteiger partial charge in [-0.2, -0.15) is 0 Å². The topological polar surface area (TPSA) is 85.8 Å². The molecule has 2 aromatic carbocycles. The standard InChI is InChI=1S/C21H22N2O4/c1-13-6-4-5-7-15(13)17-11-20(24)27-19-10-14(8-9-16(17)19)23(2)18(12-26-3)21(22)25/h4-11,18H,12H2,1-3H3,(H2,22,25). The van der Waals surface area contributed by atoms with Crippen molar-refractivity contribution in [1.82, 2.24) is 0 Å². The lowest BCUT2D eigenvalue weighted by atomic mass is 9.98. The molecule has 1 unspecified atom stereocenters. The number of nitrogens with zero attached hydrogens (tertiary/aromatic N) is 1. The summed E-state index contributed by atoms with van der Waals surface area (Å²) in [5.74, 6) is -0.491. The molecule has 2 N–H and O–H groups in total. The number of rotatable bonds is 6. The van der Waals surface area contributed by atoms with Gasteiger partial charge in [0.05, 0.1) is 6.61 Å². The smallest absolute Gasteiger partial charge is 0.336 e. The van der Waals surface area contributed by atoms with Crippen LogP contribution in [-0.2, 0) is 9.53 Å². The van der Waals surface area contributed by atoms with Gasteiger partial charge < -0.3 is 19.8 Å². The lowest BCUT2D eigenvalue weighted by Gasteiger charge is -2.27. The van der Waals surface area contributed by atoms with Crippen LogP contribution in [0.4, 0.5) is 5.69 Å². The van der Waals surface area contributed by atoms with Crippen LogP contribution in [0.5, 0.6) is 0 Å². The third kappa shape index (κ3) is 3.71. The largest absolute Gasteiger partial charge is 0.423 e. The van der Waals surface area contributed by atoms with E-state index in [1.807, 2.05) is 43.3 Å². The van der Waals surface area contributed by atoms with Gasteiger partial charge in [0, 0.05) is 42.9 Å². The molecular weight excluding hydrogens is 344 g/mol. The fourth-order valence-corrected chi connectivity index (χ4v) is 3.19. The van der Waals surface area contributed by atoms with E-state index in [1.54, 1.807) is 18.0 Å². The van der Waals surface area contributed by atoms with Crippen LogP contribution in [0.1, 0.15) is 5.56 Å². The summed E-state index contributed by atoms with van der Waals surface area (Å²) in [5.41, 5.74) is 9.07. The first-order chi connectivity index (χ1) is 12.9. The highest BCUT2D eigenvalue weighted by Crippen LogP contribution is 2.31. The van der Waals surface area contributed by atoms with E-state index in [1.165, 1.54) is 13.2 Å². The van der Waals surface area contributed by atoms with Crippen LogP contribution < -0.4 is 16.3 Å². The summed E-state index contributed by atoms with van der Waals surface area (Å²) in [4.78, 5) is 25.6. The van der Waals surface area contributed by atoms with Crippen molar-refractivity contribution >= 4 is 22.6 Å². The van der Waals surface area contributed by atoms with Gasteiger partial charge in [-0.15, -0.1) is 0 Å². The van der Waals surface area contributed by atoms with Gasteiger partial charge in [0.25, 0.3) is 0 Å². The van der Waals surface area contributed by atoms with Crippen molar-refractivity contribution in [2.75, 3.05) is 25.7 Å². The maximum absolute atomic E-state index is 12.1. The number of hydrogen-bond acceptors (Lipinski definition) is 5. The van der Waals surface area contributed by atoms with Crippen LogP contribution >= 0.6 is 0 Å². The molecule has 0 fully saturated rings. The van der Waals surface area contributed by atoms with Crippen LogP contribution in [0.25, 0.3) is 22.1 Å². The molecule has 27 heavy (non-hydrogen) atoms. The van der Waals surface area contributed by atoms with Crippen molar-refractivity contribution in [3.63, 3.8) is 0 Å². The fraction of sp³-hybridized carbons (Fsp3) is 0.238. The zero-order chi connectivity index (χ0) is 19.6. The third-order valence-electron chi connectivity index (χ3n) is 4.69. The summed E-state index contributed by atoms with van der Waals surface area (Å²) in [6.45, 7) is 2.16. The lowest BCUT2D eigenvalue weighted by Crippen LogP contribution is -2.45. The molecule has 3 rings (SSSR count). The number of carbonyl (C=O) groups excluding carboxylic acids is 1. The first-order valence-electron chi connectivity index (χ1n) is 8.57. The van der Waals surface area contributed by atoms with Gasteiger partial charge >= 0.3 is 5.63 Å². The van der Waals surface area contributed by atoms with Gasteiger partial charge in [-0.25, -0.2) is 4.79 Å². The van der Waals surface area contributed by atoms with Gasteiger partial charge in [0.15, 0.2) is 0 Å². The molecule has 0 spiro atoms. The number of hydrogen-bond donors (Lipinski definition) is 1. The number of amides is 1. The van der Waals surface area contributed by atoms with Gasteiger partial charge in [0.1, 0.15) is 11.6 Å². The number of benzene rings is 2. The van der Waals surface area contributed by atoms with Crippen molar-refractivity contribution in [2.24, 2.45) is 5.73 Å². The molecule has 1 amide bonds. The van der Waals surface area contributed by atoms with E-state index in [4.69, 9.17) is 14.9 Å². The monoisotopic (exact) mass is 366 g/mol. The molecule has 0 aliphatic rings. The molecule has 0 saturated heterocycles. The molecule has 0 aliphatic carbocycles. The molecule has 1 atom stereocenters. The van der Waals surface area contributed by atoms with Crippen molar-refractivity contribution in [3.8, 4) is 11.1 Å². The molecule has 1 aromatic heterocycles. The Hall–Kier alpha value is -3.12. The van der Waals surface area contributed by atoms with Crippen LogP contribution in [0.2, 0.25) is 0 Å². The summed E-state index contributed by atoms with van der Waals surface area (Å²) in [5, 5.41) is 0.823. The molecule has 6 nitrogen and oxygen atoms in total. The number of carbonyl (C=O) groups is 1. The second kappa shape index (κ2) is 7.63. The van der Waals surface area contributed by atoms with Crippen molar-refractivity contribution in [2.45, 2.75) is 13.0 Å². The fourth-order valence-electron chi connectivity index (χ4n) is 3.19. The van der Waals surface area contributed by atoms with Gasteiger partial charge in [-0.05, 0) is 30.2 Å². The predicted molar refractivity (Wildman–Crippen MR) is 106 cm³/mol. The van der Waals surface area contributed by atoms with E-state index in [0.29, 0.717) is 11.3 Å². The van der Waals surface area contributed by atoms with E-state index in [0.717, 1.165) is 22.1 Å². The predicted octanol–water partition coefficient (Wildman–Crippen LogP) is 2.70. The number of primary amides is 1. The second-order valence-electron chi connectivity index (χ2n) is 6.46. The third-order valence-corrected chi connectivity index (χ3v) is 4.69. The summed E-state index contributed by atoms with van der Waals surface area (Å²) in [6.07, 6.45) is 0. The maximum Gasteiger partial charge on any atom is 0.336 e. The van der Waals surface area contributed by atoms with Crippen molar-refractivity contribution in [3.05, 3.63) is 64.5 Å². The van der Waals surface area contributed by atoms with Crippen LogP contribution in [0.3, 0.4) is 0 Å². The zero-order valence-corrected chi connectivity index (χ0v) is 15.6. The number of ether oxygens (including phenoxy) is 1. The highest BCUT2D eigenvalue weighted by molar-refractivity contribution is 5.96. The molecule has 1 heterocycles. The maximum atomic E-state index is 12.1. The normalized spacial score (nSPS) is 12.1. The highest BCUT2D eigenvalue weighted by atomic mass is 16.5. The Labute approximate surface area is 157 Å². The number of fused-ring (bicyclic) bond motifs is 1. The first kappa shape index (κ1) is 18.7. The Kier molecular flexibility index (Phi) is 5.28. The lowest BCUT2D eigenvalue weighted by molar-refractivity contribution is -0.120. The summed E-state index contributed by atoms with van der Waals surface area (Å²) < 4.78 is 10.5. The Morgan fingerprint density at radius 2 is 1.93 bits per heavy atom. The number of methoxy groups -OCH3 is 1. The van der Waals surface area contributed by atoms with Crippen LogP contribution in [-0.4, -0.2) is 32.7 Å². The highest BCUT2D eigenvalue weighted by Gasteiger charge is 2.22. The number of aryl methyl sites for hydroxylation is 1. The molecule has 0 saturated carbocycles. The van der Waals surface area contributed by atoms with E-state index in [9.17, 15) is 9.59 Å². The van der Waals surface area contributed by atoms with E-state index < -0.39 is 17.6 Å². The Morgan fingerprint density at radius 1 is 1.19 bits per heavy atom. The minimum atomic E-state index is -0.626. The van der Waals surface area contributed by atoms with E-state index >= 15 is 0 Å². The zero-order valence-electron chi connectivity index (χ0n) is 15.6. The molecule has 0 radical (unpaired) electrons. The molecule has 0 bridgehead atoms. The minimum absolute atomic E-state index is 0.164. The number of likely N-dealkylation sites (N-methyl/N-ethyl adjacent to an activating group) is 1. The molecular formula is C21H22N2O4. The molecule has 0 aliphatic heterocycles. The average molecular weight is 366 g/mol. The SMILES string of the molecule is COCC(C(N)=O)N(C)c1ccc2c(-c3ccccc3C)cc(=O)oc2c1. The van der Waals surface area contributed by atoms with Crippen molar-refractivity contribution in [1.29, 1.82) is 0 Å². The minimum Gasteiger partial charge on any atom is -0.423 e. The van der Waals surface area contributed by atoms with Gasteiger partial charge in [-0.1, -0.05) is 24.3 Å². The Balaban J connectivity index is 2.13. The molecule has 6 heteroatoms. The van der Waals surface area contributed by atoms with Gasteiger partial charge in [-0.3, -0.25) is 4.79 Å². The number of anilines is 1. The van der Waals surface area contributed by atoms with Crippen molar-refractivity contribution < 1.29 is 13.9 Å². The van der Waals surface area contributed by atoms with Gasteiger partial charge in [0.2, 0.25) is 5.91 Å². The molecule has 140 valence electrons. The van der Waals surface area contributed by atoms with Crippen LogP contribution in [0.15, 0.2) is 57.7 Å². The Morgan fingerprint density at radius 3 is 2.59 bits per heavy atom. The first-order valence-corrected chi connectivity index (χ1v) is 8.57.